The van der Waals surface area contributed by atoms with Gasteiger partial charge in [-0.2, -0.15) is 9.97 Å². The quantitative estimate of drug-likeness (QED) is 0.432. The number of benzene rings is 1. The molecule has 0 spiro atoms. The van der Waals surface area contributed by atoms with Crippen molar-refractivity contribution >= 4 is 29.0 Å². The summed E-state index contributed by atoms with van der Waals surface area (Å²) in [6.45, 7) is 6.55. The van der Waals surface area contributed by atoms with E-state index < -0.39 is 0 Å². The van der Waals surface area contributed by atoms with Gasteiger partial charge in [-0.15, -0.1) is 0 Å². The number of nitrogens with one attached hydrogen (secondary N) is 2. The SMILES string of the molecule is CCC1C(=O)N(C)c2cnc(Nc3ccc(-c4noc(CN5CCNCC5)n4)cc3OC)nc2N1C1CCCC1. The highest BCUT2D eigenvalue weighted by Gasteiger charge is 2.41. The number of carbonyl (C=O) groups excluding carboxylic acids is 1. The van der Waals surface area contributed by atoms with Crippen molar-refractivity contribution in [1.82, 2.24) is 30.3 Å². The van der Waals surface area contributed by atoms with Crippen LogP contribution in [0.2, 0.25) is 0 Å². The summed E-state index contributed by atoms with van der Waals surface area (Å²) >= 11 is 0. The van der Waals surface area contributed by atoms with Gasteiger partial charge in [-0.25, -0.2) is 4.98 Å². The minimum Gasteiger partial charge on any atom is -0.495 e. The Kier molecular flexibility index (Phi) is 7.53. The van der Waals surface area contributed by atoms with Gasteiger partial charge in [0.05, 0.1) is 25.5 Å². The molecule has 1 saturated carbocycles. The number of methoxy groups -OCH3 is 1. The number of piperazine rings is 1. The number of anilines is 4. The van der Waals surface area contributed by atoms with E-state index in [1.165, 1.54) is 12.8 Å². The first-order chi connectivity index (χ1) is 19.6. The summed E-state index contributed by atoms with van der Waals surface area (Å²) < 4.78 is 11.2. The molecule has 3 aliphatic rings. The number of hydrogen-bond acceptors (Lipinski definition) is 11. The van der Waals surface area contributed by atoms with Gasteiger partial charge in [-0.3, -0.25) is 9.69 Å². The summed E-state index contributed by atoms with van der Waals surface area (Å²) in [5.41, 5.74) is 2.25. The maximum Gasteiger partial charge on any atom is 0.249 e. The van der Waals surface area contributed by atoms with Crippen LogP contribution in [0.15, 0.2) is 28.9 Å². The van der Waals surface area contributed by atoms with Gasteiger partial charge < -0.3 is 29.7 Å². The lowest BCUT2D eigenvalue weighted by molar-refractivity contribution is -0.120. The smallest absolute Gasteiger partial charge is 0.249 e. The molecule has 3 aromatic rings. The Morgan fingerprint density at radius 3 is 2.73 bits per heavy atom. The second kappa shape index (κ2) is 11.4. The molecule has 2 aromatic heterocycles. The Bertz CT molecular complexity index is 1350. The summed E-state index contributed by atoms with van der Waals surface area (Å²) in [6.07, 6.45) is 6.96. The number of likely N-dealkylation sites (N-methyl/N-ethyl adjacent to an activating group) is 1. The zero-order valence-electron chi connectivity index (χ0n) is 23.4. The van der Waals surface area contributed by atoms with Crippen molar-refractivity contribution in [3.8, 4) is 17.1 Å². The standard InChI is InChI=1S/C28H37N9O3/c1-4-21-27(38)35(2)22-16-30-28(33-26(22)37(21)19-7-5-6-8-19)31-20-10-9-18(15-23(20)39-3)25-32-24(40-34-25)17-36-13-11-29-12-14-36/h9-10,15-16,19,21,29H,4-8,11-14,17H2,1-3H3,(H,30,31,33). The minimum atomic E-state index is -0.219. The van der Waals surface area contributed by atoms with Gasteiger partial charge in [-0.1, -0.05) is 24.9 Å². The van der Waals surface area contributed by atoms with E-state index in [9.17, 15) is 4.79 Å². The molecule has 0 radical (unpaired) electrons. The summed E-state index contributed by atoms with van der Waals surface area (Å²) in [6, 6.07) is 5.80. The van der Waals surface area contributed by atoms with E-state index >= 15 is 0 Å². The molecule has 2 N–H and O–H groups in total. The van der Waals surface area contributed by atoms with Crippen LogP contribution < -0.4 is 25.2 Å². The predicted octanol–water partition coefficient (Wildman–Crippen LogP) is 3.19. The van der Waals surface area contributed by atoms with Crippen LogP contribution in [0.3, 0.4) is 0 Å². The topological polar surface area (TPSA) is 125 Å². The molecule has 40 heavy (non-hydrogen) atoms. The van der Waals surface area contributed by atoms with E-state index in [2.05, 4.69) is 42.5 Å². The first-order valence-electron chi connectivity index (χ1n) is 14.2. The van der Waals surface area contributed by atoms with Crippen LogP contribution in [-0.4, -0.2) is 83.3 Å². The van der Waals surface area contributed by atoms with Gasteiger partial charge in [0, 0.05) is 44.8 Å². The number of carbonyl (C=O) groups is 1. The van der Waals surface area contributed by atoms with Crippen molar-refractivity contribution in [2.24, 2.45) is 0 Å². The third-order valence-corrected chi connectivity index (χ3v) is 8.15. The van der Waals surface area contributed by atoms with Crippen molar-refractivity contribution in [2.75, 3.05) is 55.5 Å². The van der Waals surface area contributed by atoms with Crippen LogP contribution in [0.1, 0.15) is 44.9 Å². The van der Waals surface area contributed by atoms with Crippen LogP contribution in [-0.2, 0) is 11.3 Å². The van der Waals surface area contributed by atoms with Gasteiger partial charge in [0.2, 0.25) is 23.6 Å². The second-order valence-corrected chi connectivity index (χ2v) is 10.6. The third-order valence-electron chi connectivity index (χ3n) is 8.15. The van der Waals surface area contributed by atoms with Gasteiger partial charge in [0.1, 0.15) is 17.5 Å². The van der Waals surface area contributed by atoms with E-state index in [1.807, 2.05) is 18.2 Å². The normalized spacial score (nSPS) is 20.2. The molecule has 12 nitrogen and oxygen atoms in total. The van der Waals surface area contributed by atoms with Gasteiger partial charge in [0.25, 0.3) is 0 Å². The van der Waals surface area contributed by atoms with E-state index in [1.54, 1.807) is 25.3 Å². The Hall–Kier alpha value is -3.77. The highest BCUT2D eigenvalue weighted by Crippen LogP contribution is 2.40. The molecule has 4 heterocycles. The summed E-state index contributed by atoms with van der Waals surface area (Å²) in [5.74, 6) is 3.08. The molecular weight excluding hydrogens is 510 g/mol. The minimum absolute atomic E-state index is 0.0982. The van der Waals surface area contributed by atoms with E-state index in [-0.39, 0.29) is 11.9 Å². The largest absolute Gasteiger partial charge is 0.495 e. The first kappa shape index (κ1) is 26.5. The molecule has 1 unspecified atom stereocenters. The first-order valence-corrected chi connectivity index (χ1v) is 14.2. The summed E-state index contributed by atoms with van der Waals surface area (Å²) in [7, 11) is 3.43. The zero-order chi connectivity index (χ0) is 27.6. The van der Waals surface area contributed by atoms with Gasteiger partial charge in [-0.05, 0) is 37.5 Å². The van der Waals surface area contributed by atoms with Crippen LogP contribution >= 0.6 is 0 Å². The van der Waals surface area contributed by atoms with Gasteiger partial charge in [0.15, 0.2) is 5.82 Å². The average molecular weight is 548 g/mol. The van der Waals surface area contributed by atoms with Crippen LogP contribution in [0, 0.1) is 0 Å². The van der Waals surface area contributed by atoms with E-state index in [0.29, 0.717) is 36.0 Å². The van der Waals surface area contributed by atoms with Crippen molar-refractivity contribution in [1.29, 1.82) is 0 Å². The summed E-state index contributed by atoms with van der Waals surface area (Å²) in [5, 5.41) is 10.9. The Labute approximate surface area is 234 Å². The highest BCUT2D eigenvalue weighted by atomic mass is 16.5. The fraction of sp³-hybridized carbons (Fsp3) is 0.536. The predicted molar refractivity (Wildman–Crippen MR) is 152 cm³/mol. The van der Waals surface area contributed by atoms with E-state index in [4.69, 9.17) is 14.2 Å². The molecule has 1 aromatic carbocycles. The molecule has 212 valence electrons. The maximum atomic E-state index is 13.2. The van der Waals surface area contributed by atoms with Crippen LogP contribution in [0.25, 0.3) is 11.4 Å². The number of rotatable bonds is 8. The molecule has 1 saturated heterocycles. The molecule has 12 heteroatoms. The molecule has 1 amide bonds. The number of amides is 1. The third kappa shape index (κ3) is 5.08. The lowest BCUT2D eigenvalue weighted by Crippen LogP contribution is -2.55. The number of nitrogens with zero attached hydrogens (tertiary/aromatic N) is 7. The Morgan fingerprint density at radius 1 is 1.18 bits per heavy atom. The fourth-order valence-electron chi connectivity index (χ4n) is 5.99. The lowest BCUT2D eigenvalue weighted by Gasteiger charge is -2.43. The number of fused-ring (bicyclic) bond motifs is 1. The second-order valence-electron chi connectivity index (χ2n) is 10.6. The number of aromatic nitrogens is 4. The Morgan fingerprint density at radius 2 is 1.98 bits per heavy atom. The number of hydrogen-bond donors (Lipinski definition) is 2. The monoisotopic (exact) mass is 547 g/mol. The summed E-state index contributed by atoms with van der Waals surface area (Å²) in [4.78, 5) is 33.5. The van der Waals surface area contributed by atoms with Gasteiger partial charge >= 0.3 is 0 Å². The van der Waals surface area contributed by atoms with Crippen molar-refractivity contribution < 1.29 is 14.1 Å². The molecule has 0 bridgehead atoms. The highest BCUT2D eigenvalue weighted by molar-refractivity contribution is 6.04. The van der Waals surface area contributed by atoms with Crippen LogP contribution in [0.4, 0.5) is 23.1 Å². The average Bonchev–Trinajstić information content (AvgIpc) is 3.68. The molecule has 2 aliphatic heterocycles. The molecule has 2 fully saturated rings. The van der Waals surface area contributed by atoms with Crippen LogP contribution in [0.5, 0.6) is 5.75 Å². The van der Waals surface area contributed by atoms with Crippen molar-refractivity contribution in [2.45, 2.75) is 57.7 Å². The molecule has 6 rings (SSSR count). The Balaban J connectivity index is 1.24. The molecule has 1 aliphatic carbocycles. The maximum absolute atomic E-state index is 13.2. The zero-order valence-corrected chi connectivity index (χ0v) is 23.4. The molecule has 1 atom stereocenters. The fourth-order valence-corrected chi connectivity index (χ4v) is 5.99. The van der Waals surface area contributed by atoms with Crippen molar-refractivity contribution in [3.63, 3.8) is 0 Å². The lowest BCUT2D eigenvalue weighted by atomic mass is 10.0. The number of ether oxygens (including phenoxy) is 1. The van der Waals surface area contributed by atoms with Crippen molar-refractivity contribution in [3.05, 3.63) is 30.3 Å². The molecular formula is C28H37N9O3. The van der Waals surface area contributed by atoms with E-state index in [0.717, 1.165) is 68.2 Å².